The van der Waals surface area contributed by atoms with Gasteiger partial charge in [-0.1, -0.05) is 14.3 Å². The summed E-state index contributed by atoms with van der Waals surface area (Å²) in [6.45, 7) is -0.726. The third kappa shape index (κ3) is 6.24. The van der Waals surface area contributed by atoms with Crippen molar-refractivity contribution in [3.63, 3.8) is 0 Å². The van der Waals surface area contributed by atoms with Crippen molar-refractivity contribution in [3.05, 3.63) is 0 Å². The van der Waals surface area contributed by atoms with Gasteiger partial charge < -0.3 is 0 Å². The van der Waals surface area contributed by atoms with Crippen LogP contribution >= 0.6 is 7.83 Å². The molecule has 1 N–H and O–H groups in total. The second-order valence-corrected chi connectivity index (χ2v) is 4.31. The largest absolute Gasteiger partial charge is 0.459 e. The van der Waals surface area contributed by atoms with Gasteiger partial charge in [0.2, 0.25) is 0 Å². The minimum atomic E-state index is -5.39. The predicted octanol–water partition coefficient (Wildman–Crippen LogP) is 0.518. The molecule has 1 unspecified atom stereocenters. The maximum Gasteiger partial charge on any atom is 0.459 e. The Morgan fingerprint density at radius 2 is 2.17 bits per heavy atom. The number of terminal acetylenes is 1. The first-order valence-electron chi connectivity index (χ1n) is 2.38. The Morgan fingerprint density at radius 1 is 1.67 bits per heavy atom. The standard InChI is InChI=1S/C3H4F2NO4PS/c1-2-3-10-11(4,7)6-12(5,8)9/h1H,3H2,(H,6,7). The van der Waals surface area contributed by atoms with E-state index in [0.717, 1.165) is 0 Å². The molecule has 0 aromatic rings. The summed E-state index contributed by atoms with van der Waals surface area (Å²) < 4.78 is 57.7. The molecular weight excluding hydrogens is 215 g/mol. The molecule has 9 heteroatoms. The van der Waals surface area contributed by atoms with Gasteiger partial charge in [0.25, 0.3) is 0 Å². The number of hydrogen-bond donors (Lipinski definition) is 1. The highest BCUT2D eigenvalue weighted by molar-refractivity contribution is 7.90. The van der Waals surface area contributed by atoms with Crippen LogP contribution < -0.4 is 4.49 Å². The summed E-state index contributed by atoms with van der Waals surface area (Å²) in [6.07, 6.45) is 4.57. The Labute approximate surface area is 68.1 Å². The zero-order valence-corrected chi connectivity index (χ0v) is 7.24. The van der Waals surface area contributed by atoms with E-state index in [-0.39, 0.29) is 0 Å². The van der Waals surface area contributed by atoms with Gasteiger partial charge in [-0.05, 0) is 0 Å². The summed E-state index contributed by atoms with van der Waals surface area (Å²) in [6, 6.07) is 0. The van der Waals surface area contributed by atoms with Gasteiger partial charge in [-0.2, -0.15) is 8.42 Å². The molecular formula is C3H4F2NO4PS. The molecule has 0 aromatic heterocycles. The molecule has 5 nitrogen and oxygen atoms in total. The van der Waals surface area contributed by atoms with Crippen molar-refractivity contribution in [2.24, 2.45) is 0 Å². The predicted molar refractivity (Wildman–Crippen MR) is 36.7 cm³/mol. The van der Waals surface area contributed by atoms with Gasteiger partial charge in [0.05, 0.1) is 0 Å². The molecule has 1 atom stereocenters. The van der Waals surface area contributed by atoms with E-state index in [0.29, 0.717) is 4.49 Å². The van der Waals surface area contributed by atoms with Crippen LogP contribution in [0.15, 0.2) is 0 Å². The number of rotatable bonds is 4. The number of nitrogens with one attached hydrogen (secondary N) is 1. The Hall–Kier alpha value is -0.480. The highest BCUT2D eigenvalue weighted by atomic mass is 32.3. The molecule has 0 aliphatic rings. The Morgan fingerprint density at radius 3 is 2.50 bits per heavy atom. The van der Waals surface area contributed by atoms with E-state index in [1.807, 2.05) is 0 Å². The van der Waals surface area contributed by atoms with Crippen molar-refractivity contribution in [1.29, 1.82) is 0 Å². The van der Waals surface area contributed by atoms with Gasteiger partial charge in [-0.15, -0.1) is 10.6 Å². The fourth-order valence-electron chi connectivity index (χ4n) is 0.277. The minimum Gasteiger partial charge on any atom is -0.280 e. The molecule has 0 bridgehead atoms. The summed E-state index contributed by atoms with van der Waals surface area (Å²) in [4.78, 5) is 0. The van der Waals surface area contributed by atoms with Crippen LogP contribution in [0, 0.1) is 12.3 Å². The third-order valence-electron chi connectivity index (χ3n) is 0.532. The van der Waals surface area contributed by atoms with Crippen molar-refractivity contribution in [1.82, 2.24) is 4.49 Å². The zero-order valence-electron chi connectivity index (χ0n) is 5.53. The van der Waals surface area contributed by atoms with Gasteiger partial charge in [-0.25, -0.2) is 4.57 Å². The molecule has 0 aromatic carbocycles. The second-order valence-electron chi connectivity index (χ2n) is 1.49. The molecule has 0 radical (unpaired) electrons. The van der Waals surface area contributed by atoms with Crippen molar-refractivity contribution >= 4 is 18.2 Å². The second kappa shape index (κ2) is 3.96. The summed E-state index contributed by atoms with van der Waals surface area (Å²) in [5.74, 6) is 1.72. The fraction of sp³-hybridized carbons (Fsp3) is 0.333. The summed E-state index contributed by atoms with van der Waals surface area (Å²) >= 11 is 0. The van der Waals surface area contributed by atoms with Gasteiger partial charge >= 0.3 is 18.2 Å². The summed E-state index contributed by atoms with van der Waals surface area (Å²) in [7, 11) is -10.6. The van der Waals surface area contributed by atoms with E-state index in [4.69, 9.17) is 0 Å². The highest BCUT2D eigenvalue weighted by Crippen LogP contribution is 2.44. The highest BCUT2D eigenvalue weighted by Gasteiger charge is 2.28. The molecule has 0 saturated carbocycles. The SMILES string of the molecule is C#CCOP(=O)(F)NS(=O)(=O)F. The van der Waals surface area contributed by atoms with Crippen LogP contribution in [-0.2, 0) is 19.5 Å². The van der Waals surface area contributed by atoms with E-state index in [9.17, 15) is 21.1 Å². The van der Waals surface area contributed by atoms with Crippen molar-refractivity contribution in [2.75, 3.05) is 6.61 Å². The lowest BCUT2D eigenvalue weighted by molar-refractivity contribution is 0.321. The van der Waals surface area contributed by atoms with Crippen LogP contribution in [0.25, 0.3) is 0 Å². The van der Waals surface area contributed by atoms with Gasteiger partial charge in [-0.3, -0.25) is 4.52 Å². The van der Waals surface area contributed by atoms with Gasteiger partial charge in [0.15, 0.2) is 0 Å². The molecule has 70 valence electrons. The lowest BCUT2D eigenvalue weighted by Gasteiger charge is -2.04. The smallest absolute Gasteiger partial charge is 0.280 e. The molecule has 0 aliphatic heterocycles. The van der Waals surface area contributed by atoms with Crippen LogP contribution in [0.2, 0.25) is 0 Å². The van der Waals surface area contributed by atoms with E-state index in [1.54, 1.807) is 5.92 Å². The fourth-order valence-corrected chi connectivity index (χ4v) is 1.77. The molecule has 0 aliphatic carbocycles. The molecule has 12 heavy (non-hydrogen) atoms. The van der Waals surface area contributed by atoms with Crippen LogP contribution in [-0.4, -0.2) is 15.0 Å². The van der Waals surface area contributed by atoms with E-state index in [2.05, 4.69) is 10.9 Å². The van der Waals surface area contributed by atoms with Crippen LogP contribution in [0.1, 0.15) is 0 Å². The Balaban J connectivity index is 4.27. The lowest BCUT2D eigenvalue weighted by atomic mass is 10.8. The lowest BCUT2D eigenvalue weighted by Crippen LogP contribution is -2.15. The van der Waals surface area contributed by atoms with E-state index in [1.165, 1.54) is 0 Å². The molecule has 0 spiro atoms. The van der Waals surface area contributed by atoms with Crippen LogP contribution in [0.3, 0.4) is 0 Å². The molecule has 0 saturated heterocycles. The van der Waals surface area contributed by atoms with E-state index >= 15 is 0 Å². The molecule has 0 amide bonds. The van der Waals surface area contributed by atoms with Gasteiger partial charge in [0.1, 0.15) is 6.61 Å². The average molecular weight is 219 g/mol. The molecule has 0 heterocycles. The zero-order chi connectivity index (χ0) is 9.83. The van der Waals surface area contributed by atoms with Crippen molar-refractivity contribution < 1.29 is 25.6 Å². The normalized spacial score (nSPS) is 16.4. The Bertz CT molecular complexity index is 333. The van der Waals surface area contributed by atoms with Crippen LogP contribution in [0.5, 0.6) is 0 Å². The third-order valence-corrected chi connectivity index (χ3v) is 2.74. The van der Waals surface area contributed by atoms with Crippen molar-refractivity contribution in [2.45, 2.75) is 0 Å². The average Bonchev–Trinajstić information content (AvgIpc) is 1.78. The number of hydrogen-bond acceptors (Lipinski definition) is 4. The quantitative estimate of drug-likeness (QED) is 0.425. The first kappa shape index (κ1) is 11.5. The first-order chi connectivity index (χ1) is 5.27. The van der Waals surface area contributed by atoms with Crippen LogP contribution in [0.4, 0.5) is 8.08 Å². The number of halogens is 2. The first-order valence-corrected chi connectivity index (χ1v) is 5.28. The summed E-state index contributed by atoms with van der Waals surface area (Å²) in [5, 5.41) is 0. The topological polar surface area (TPSA) is 72.5 Å². The maximum absolute atomic E-state index is 12.3. The summed E-state index contributed by atoms with van der Waals surface area (Å²) in [5.41, 5.74) is 0. The maximum atomic E-state index is 12.3. The molecule has 0 rings (SSSR count). The molecule has 0 fully saturated rings. The Kier molecular flexibility index (Phi) is 3.80. The minimum absolute atomic E-state index is 0.507. The monoisotopic (exact) mass is 219 g/mol. The van der Waals surface area contributed by atoms with E-state index < -0.39 is 24.8 Å². The van der Waals surface area contributed by atoms with Crippen molar-refractivity contribution in [3.8, 4) is 12.3 Å². The van der Waals surface area contributed by atoms with Gasteiger partial charge in [0, 0.05) is 0 Å².